The van der Waals surface area contributed by atoms with E-state index in [1.807, 2.05) is 24.3 Å². The van der Waals surface area contributed by atoms with Crippen LogP contribution >= 0.6 is 0 Å². The Hall–Kier alpha value is -3.88. The minimum absolute atomic E-state index is 0.0172. The number of methoxy groups -OCH3 is 1. The van der Waals surface area contributed by atoms with Gasteiger partial charge in [-0.1, -0.05) is 18.2 Å². The number of carboxylic acids is 1. The van der Waals surface area contributed by atoms with Gasteiger partial charge >= 0.3 is 11.9 Å². The maximum atomic E-state index is 12.1. The highest BCUT2D eigenvalue weighted by Crippen LogP contribution is 2.27. The molecule has 0 saturated heterocycles. The second-order valence-electron chi connectivity index (χ2n) is 6.34. The van der Waals surface area contributed by atoms with E-state index >= 15 is 0 Å². The van der Waals surface area contributed by atoms with Gasteiger partial charge in [-0.15, -0.1) is 0 Å². The van der Waals surface area contributed by atoms with Crippen molar-refractivity contribution in [2.24, 2.45) is 0 Å². The number of rotatable bonds is 5. The van der Waals surface area contributed by atoms with Gasteiger partial charge in [-0.3, -0.25) is 4.79 Å². The monoisotopic (exact) mass is 380 g/mol. The van der Waals surface area contributed by atoms with Crippen LogP contribution in [-0.4, -0.2) is 43.9 Å². The van der Waals surface area contributed by atoms with Crippen LogP contribution in [0, 0.1) is 0 Å². The van der Waals surface area contributed by atoms with Crippen LogP contribution in [0.3, 0.4) is 0 Å². The molecule has 0 fully saturated rings. The van der Waals surface area contributed by atoms with E-state index in [2.05, 4.69) is 15.2 Å². The van der Waals surface area contributed by atoms with Crippen LogP contribution in [0.4, 0.5) is 0 Å². The zero-order valence-electron chi connectivity index (χ0n) is 14.8. The standard InChI is InChI=1S/C19H16N4O5/c1-28-19(27)13-9-23(8-12-16(13)21-22-17(12)24)15(18(25)26)6-10-7-20-14-5-3-2-4-11(10)14/h2-5,7-9,15,20H,6H2,1H3,(H,22,24)(H,25,26). The third kappa shape index (κ3) is 2.82. The molecular weight excluding hydrogens is 364 g/mol. The number of benzene rings is 1. The van der Waals surface area contributed by atoms with E-state index in [1.54, 1.807) is 6.20 Å². The predicted molar refractivity (Wildman–Crippen MR) is 99.5 cm³/mol. The van der Waals surface area contributed by atoms with Gasteiger partial charge in [0.1, 0.15) is 17.3 Å². The Labute approximate surface area is 157 Å². The van der Waals surface area contributed by atoms with Gasteiger partial charge in [0.25, 0.3) is 5.56 Å². The minimum atomic E-state index is -1.10. The molecule has 1 unspecified atom stereocenters. The van der Waals surface area contributed by atoms with Gasteiger partial charge in [0.15, 0.2) is 0 Å². The lowest BCUT2D eigenvalue weighted by Crippen LogP contribution is -2.23. The normalized spacial score (nSPS) is 12.3. The largest absolute Gasteiger partial charge is 0.480 e. The number of nitrogens with one attached hydrogen (secondary N) is 2. The molecule has 142 valence electrons. The summed E-state index contributed by atoms with van der Waals surface area (Å²) in [5.74, 6) is -1.80. The number of aromatic nitrogens is 4. The molecule has 9 nitrogen and oxygen atoms in total. The Morgan fingerprint density at radius 1 is 1.29 bits per heavy atom. The first-order chi connectivity index (χ1) is 13.5. The number of carbonyl (C=O) groups is 2. The SMILES string of the molecule is COC(=O)c1cn(C(Cc2c[nH]c3ccccc23)C(=O)O)cc2c(=O)[nH]nc1-2. The number of hydrogen-bond donors (Lipinski definition) is 3. The number of pyridine rings is 1. The molecule has 0 radical (unpaired) electrons. The Kier molecular flexibility index (Phi) is 4.19. The number of aromatic amines is 2. The van der Waals surface area contributed by atoms with Crippen LogP contribution in [0.2, 0.25) is 0 Å². The van der Waals surface area contributed by atoms with Crippen LogP contribution in [-0.2, 0) is 16.0 Å². The molecule has 2 aromatic rings. The highest BCUT2D eigenvalue weighted by Gasteiger charge is 2.27. The number of carboxylic acid groups (broad SMARTS) is 1. The van der Waals surface area contributed by atoms with Crippen molar-refractivity contribution in [1.29, 1.82) is 0 Å². The summed E-state index contributed by atoms with van der Waals surface area (Å²) in [4.78, 5) is 39.3. The first-order valence-corrected chi connectivity index (χ1v) is 8.45. The molecule has 0 spiro atoms. The van der Waals surface area contributed by atoms with Crippen molar-refractivity contribution in [3.05, 3.63) is 64.3 Å². The molecule has 0 bridgehead atoms. The maximum absolute atomic E-state index is 12.1. The number of ether oxygens (including phenoxy) is 1. The number of nitrogens with zero attached hydrogens (tertiary/aromatic N) is 2. The number of hydrogen-bond acceptors (Lipinski definition) is 5. The van der Waals surface area contributed by atoms with E-state index in [9.17, 15) is 19.5 Å². The average Bonchev–Trinajstić information content (AvgIpc) is 3.28. The summed E-state index contributed by atoms with van der Waals surface area (Å²) in [6.45, 7) is 0. The third-order valence-corrected chi connectivity index (χ3v) is 4.72. The van der Waals surface area contributed by atoms with Crippen molar-refractivity contribution in [2.45, 2.75) is 12.5 Å². The van der Waals surface area contributed by atoms with E-state index in [0.717, 1.165) is 16.5 Å². The number of para-hydroxylation sites is 1. The quantitative estimate of drug-likeness (QED) is 0.453. The first kappa shape index (κ1) is 17.5. The second-order valence-corrected chi connectivity index (χ2v) is 6.34. The van der Waals surface area contributed by atoms with Crippen molar-refractivity contribution in [2.75, 3.05) is 7.11 Å². The molecule has 0 aliphatic carbocycles. The van der Waals surface area contributed by atoms with Crippen molar-refractivity contribution in [3.63, 3.8) is 0 Å². The number of esters is 1. The lowest BCUT2D eigenvalue weighted by atomic mass is 10.0. The number of fused-ring (bicyclic) bond motifs is 2. The minimum Gasteiger partial charge on any atom is -0.480 e. The number of H-pyrrole nitrogens is 2. The summed E-state index contributed by atoms with van der Waals surface area (Å²) in [6, 6.07) is 6.52. The Morgan fingerprint density at radius 2 is 2.07 bits per heavy atom. The highest BCUT2D eigenvalue weighted by atomic mass is 16.5. The topological polar surface area (TPSA) is 130 Å². The molecular formula is C19H16N4O5. The fourth-order valence-corrected chi connectivity index (χ4v) is 3.32. The van der Waals surface area contributed by atoms with E-state index in [4.69, 9.17) is 4.74 Å². The van der Waals surface area contributed by atoms with Crippen LogP contribution in [0.5, 0.6) is 0 Å². The predicted octanol–water partition coefficient (Wildman–Crippen LogP) is 1.81. The van der Waals surface area contributed by atoms with Crippen LogP contribution in [0.15, 0.2) is 47.7 Å². The molecule has 1 aromatic carbocycles. The van der Waals surface area contributed by atoms with Crippen molar-refractivity contribution < 1.29 is 19.4 Å². The van der Waals surface area contributed by atoms with Crippen molar-refractivity contribution >= 4 is 22.8 Å². The molecule has 1 aromatic heterocycles. The zero-order chi connectivity index (χ0) is 19.8. The van der Waals surface area contributed by atoms with Crippen LogP contribution in [0.25, 0.3) is 22.2 Å². The van der Waals surface area contributed by atoms with Gasteiger partial charge < -0.3 is 19.4 Å². The molecule has 4 rings (SSSR count). The summed E-state index contributed by atoms with van der Waals surface area (Å²) < 4.78 is 6.09. The van der Waals surface area contributed by atoms with Gasteiger partial charge in [0.2, 0.25) is 0 Å². The van der Waals surface area contributed by atoms with Gasteiger partial charge in [-0.05, 0) is 11.6 Å². The molecule has 9 heteroatoms. The van der Waals surface area contributed by atoms with E-state index < -0.39 is 23.5 Å². The summed E-state index contributed by atoms with van der Waals surface area (Å²) in [6.07, 6.45) is 4.66. The molecule has 3 N–H and O–H groups in total. The maximum Gasteiger partial charge on any atom is 0.341 e. The van der Waals surface area contributed by atoms with Gasteiger partial charge in [0.05, 0.1) is 12.7 Å². The molecule has 3 heterocycles. The molecule has 28 heavy (non-hydrogen) atoms. The van der Waals surface area contributed by atoms with Gasteiger partial charge in [-0.2, -0.15) is 5.10 Å². The lowest BCUT2D eigenvalue weighted by molar-refractivity contribution is -0.140. The van der Waals surface area contributed by atoms with Gasteiger partial charge in [-0.25, -0.2) is 14.7 Å². The number of aliphatic carboxylic acids is 1. The molecule has 1 atom stereocenters. The smallest absolute Gasteiger partial charge is 0.341 e. The lowest BCUT2D eigenvalue weighted by Gasteiger charge is -2.18. The summed E-state index contributed by atoms with van der Waals surface area (Å²) in [5.41, 5.74) is 1.48. The summed E-state index contributed by atoms with van der Waals surface area (Å²) in [5, 5.41) is 16.9. The van der Waals surface area contributed by atoms with Crippen LogP contribution < -0.4 is 5.56 Å². The fraction of sp³-hybridized carbons (Fsp3) is 0.158. The van der Waals surface area contributed by atoms with E-state index in [-0.39, 0.29) is 23.2 Å². The van der Waals surface area contributed by atoms with Gasteiger partial charge in [0, 0.05) is 35.9 Å². The van der Waals surface area contributed by atoms with Crippen molar-refractivity contribution in [3.8, 4) is 11.3 Å². The molecule has 0 amide bonds. The Morgan fingerprint density at radius 3 is 2.82 bits per heavy atom. The zero-order valence-corrected chi connectivity index (χ0v) is 14.8. The third-order valence-electron chi connectivity index (χ3n) is 4.72. The van der Waals surface area contributed by atoms with Crippen LogP contribution in [0.1, 0.15) is 22.0 Å². The molecule has 0 saturated carbocycles. The van der Waals surface area contributed by atoms with E-state index in [0.29, 0.717) is 0 Å². The molecule has 2 aliphatic rings. The fourth-order valence-electron chi connectivity index (χ4n) is 3.32. The Balaban J connectivity index is 1.84. The number of carbonyl (C=O) groups excluding carboxylic acids is 1. The summed E-state index contributed by atoms with van der Waals surface area (Å²) >= 11 is 0. The average molecular weight is 380 g/mol. The summed E-state index contributed by atoms with van der Waals surface area (Å²) in [7, 11) is 1.21. The Bertz CT molecular complexity index is 1220. The van der Waals surface area contributed by atoms with E-state index in [1.165, 1.54) is 24.1 Å². The molecule has 2 aliphatic heterocycles. The van der Waals surface area contributed by atoms with Crippen molar-refractivity contribution in [1.82, 2.24) is 19.7 Å². The first-order valence-electron chi connectivity index (χ1n) is 8.45. The highest BCUT2D eigenvalue weighted by molar-refractivity contribution is 5.96. The second kappa shape index (κ2) is 6.69.